The van der Waals surface area contributed by atoms with Crippen LogP contribution in [0.3, 0.4) is 0 Å². The molecular weight excluding hydrogens is 400 g/mol. The fraction of sp³-hybridized carbons (Fsp3) is 0.545. The minimum Gasteiger partial charge on any atom is -0.381 e. The van der Waals surface area contributed by atoms with Crippen molar-refractivity contribution in [1.29, 1.82) is 0 Å². The molecule has 1 saturated carbocycles. The van der Waals surface area contributed by atoms with E-state index in [2.05, 4.69) is 16.0 Å². The van der Waals surface area contributed by atoms with E-state index < -0.39 is 23.8 Å². The normalized spacial score (nSPS) is 28.9. The Morgan fingerprint density at radius 2 is 1.74 bits per heavy atom. The maximum atomic E-state index is 13.1. The monoisotopic (exact) mass is 426 g/mol. The number of nitrogens with zero attached hydrogens (tertiary/aromatic N) is 1. The highest BCUT2D eigenvalue weighted by molar-refractivity contribution is 6.25. The van der Waals surface area contributed by atoms with Crippen LogP contribution in [0.1, 0.15) is 59.2 Å². The second-order valence-corrected chi connectivity index (χ2v) is 8.70. The van der Waals surface area contributed by atoms with E-state index in [1.54, 1.807) is 18.2 Å². The quantitative estimate of drug-likeness (QED) is 0.596. The van der Waals surface area contributed by atoms with Crippen LogP contribution in [-0.4, -0.2) is 65.9 Å². The Labute approximate surface area is 179 Å². The molecule has 4 aliphatic rings. The van der Waals surface area contributed by atoms with Crippen LogP contribution in [0.2, 0.25) is 0 Å². The summed E-state index contributed by atoms with van der Waals surface area (Å²) in [7, 11) is 0. The molecule has 1 unspecified atom stereocenters. The van der Waals surface area contributed by atoms with E-state index in [-0.39, 0.29) is 30.9 Å². The average molecular weight is 426 g/mol. The summed E-state index contributed by atoms with van der Waals surface area (Å²) < 4.78 is 6.16. The Hall–Kier alpha value is -2.78. The van der Waals surface area contributed by atoms with Crippen LogP contribution < -0.4 is 16.0 Å². The van der Waals surface area contributed by atoms with Crippen molar-refractivity contribution in [1.82, 2.24) is 15.5 Å². The highest BCUT2D eigenvalue weighted by Crippen LogP contribution is 2.35. The number of piperidine rings is 2. The zero-order chi connectivity index (χ0) is 21.5. The molecular formula is C22H26N4O5. The Morgan fingerprint density at radius 1 is 0.968 bits per heavy atom. The van der Waals surface area contributed by atoms with Crippen LogP contribution in [0.5, 0.6) is 0 Å². The fourth-order valence-electron chi connectivity index (χ4n) is 4.85. The summed E-state index contributed by atoms with van der Waals surface area (Å²) in [6.45, 7) is 1.99. The lowest BCUT2D eigenvalue weighted by Crippen LogP contribution is -2.54. The van der Waals surface area contributed by atoms with Crippen molar-refractivity contribution < 1.29 is 23.9 Å². The highest BCUT2D eigenvalue weighted by Gasteiger charge is 2.46. The Kier molecular flexibility index (Phi) is 5.23. The first-order valence-electron chi connectivity index (χ1n) is 11.0. The molecule has 3 N–H and O–H groups in total. The smallest absolute Gasteiger partial charge is 0.264 e. The number of benzene rings is 1. The van der Waals surface area contributed by atoms with Gasteiger partial charge in [-0.2, -0.15) is 0 Å². The topological polar surface area (TPSA) is 117 Å². The molecule has 0 aromatic heterocycles. The number of nitrogens with one attached hydrogen (secondary N) is 3. The van der Waals surface area contributed by atoms with E-state index in [9.17, 15) is 19.2 Å². The largest absolute Gasteiger partial charge is 0.381 e. The molecule has 1 aromatic rings. The van der Waals surface area contributed by atoms with Crippen molar-refractivity contribution >= 4 is 29.3 Å². The standard InChI is InChI=1S/C22H26N4O5/c27-18-5-4-17(20(28)25-18)26-21(29)15-2-1-3-16(19(15)22(26)30)24-12-10-14(11-12)31-13-6-8-23-9-7-13/h1-3,12-14,17,23-24H,4-11H2,(H,25,27,28)/t12-,14-,17?. The van der Waals surface area contributed by atoms with Crippen LogP contribution in [-0.2, 0) is 14.3 Å². The first kappa shape index (κ1) is 20.1. The van der Waals surface area contributed by atoms with Crippen LogP contribution in [0.4, 0.5) is 5.69 Å². The number of hydrogen-bond donors (Lipinski definition) is 3. The number of imide groups is 2. The van der Waals surface area contributed by atoms with E-state index in [1.165, 1.54) is 0 Å². The van der Waals surface area contributed by atoms with E-state index in [1.807, 2.05) is 0 Å². The average Bonchev–Trinajstić information content (AvgIpc) is 2.99. The molecule has 3 heterocycles. The summed E-state index contributed by atoms with van der Waals surface area (Å²) in [5.74, 6) is -1.96. The number of amides is 4. The van der Waals surface area contributed by atoms with Gasteiger partial charge in [0.15, 0.2) is 0 Å². The summed E-state index contributed by atoms with van der Waals surface area (Å²) in [6, 6.07) is 4.35. The highest BCUT2D eigenvalue weighted by atomic mass is 16.5. The van der Waals surface area contributed by atoms with E-state index >= 15 is 0 Å². The first-order chi connectivity index (χ1) is 15.0. The molecule has 5 rings (SSSR count). The van der Waals surface area contributed by atoms with Gasteiger partial charge >= 0.3 is 0 Å². The van der Waals surface area contributed by atoms with E-state index in [0.29, 0.717) is 22.9 Å². The van der Waals surface area contributed by atoms with Crippen molar-refractivity contribution in [3.05, 3.63) is 29.3 Å². The Morgan fingerprint density at radius 3 is 2.48 bits per heavy atom. The van der Waals surface area contributed by atoms with Crippen molar-refractivity contribution in [2.24, 2.45) is 0 Å². The van der Waals surface area contributed by atoms with Crippen molar-refractivity contribution in [2.45, 2.75) is 62.8 Å². The molecule has 1 aliphatic carbocycles. The molecule has 31 heavy (non-hydrogen) atoms. The molecule has 3 fully saturated rings. The summed E-state index contributed by atoms with van der Waals surface area (Å²) in [6.07, 6.45) is 4.57. The van der Waals surface area contributed by atoms with Crippen molar-refractivity contribution in [2.75, 3.05) is 18.4 Å². The molecule has 0 spiro atoms. The predicted molar refractivity (Wildman–Crippen MR) is 111 cm³/mol. The minimum absolute atomic E-state index is 0.107. The summed E-state index contributed by atoms with van der Waals surface area (Å²) in [4.78, 5) is 50.7. The molecule has 1 atom stereocenters. The molecule has 2 saturated heterocycles. The maximum absolute atomic E-state index is 13.1. The lowest BCUT2D eigenvalue weighted by molar-refractivity contribution is -0.136. The zero-order valence-corrected chi connectivity index (χ0v) is 17.2. The molecule has 0 bridgehead atoms. The number of rotatable bonds is 5. The molecule has 0 radical (unpaired) electrons. The molecule has 4 amide bonds. The third-order valence-corrected chi connectivity index (χ3v) is 6.59. The van der Waals surface area contributed by atoms with Gasteiger partial charge in [0.25, 0.3) is 11.8 Å². The molecule has 164 valence electrons. The number of carbonyl (C=O) groups excluding carboxylic acids is 4. The van der Waals surface area contributed by atoms with Gasteiger partial charge in [0.05, 0.1) is 23.3 Å². The van der Waals surface area contributed by atoms with Gasteiger partial charge < -0.3 is 15.4 Å². The van der Waals surface area contributed by atoms with Gasteiger partial charge in [-0.3, -0.25) is 29.4 Å². The number of carbonyl (C=O) groups is 4. The molecule has 9 heteroatoms. The second kappa shape index (κ2) is 8.05. The van der Waals surface area contributed by atoms with Crippen molar-refractivity contribution in [3.63, 3.8) is 0 Å². The molecule has 1 aromatic carbocycles. The molecule has 3 aliphatic heterocycles. The van der Waals surface area contributed by atoms with Gasteiger partial charge in [0.1, 0.15) is 6.04 Å². The van der Waals surface area contributed by atoms with Gasteiger partial charge in [-0.15, -0.1) is 0 Å². The third kappa shape index (κ3) is 3.72. The first-order valence-corrected chi connectivity index (χ1v) is 11.0. The predicted octanol–water partition coefficient (Wildman–Crippen LogP) is 0.799. The van der Waals surface area contributed by atoms with Crippen LogP contribution >= 0.6 is 0 Å². The summed E-state index contributed by atoms with van der Waals surface area (Å²) >= 11 is 0. The van der Waals surface area contributed by atoms with Gasteiger partial charge in [-0.05, 0) is 57.3 Å². The zero-order valence-electron chi connectivity index (χ0n) is 17.2. The number of hydrogen-bond acceptors (Lipinski definition) is 7. The third-order valence-electron chi connectivity index (χ3n) is 6.59. The minimum atomic E-state index is -0.954. The van der Waals surface area contributed by atoms with E-state index in [0.717, 1.165) is 43.7 Å². The number of fused-ring (bicyclic) bond motifs is 1. The number of anilines is 1. The second-order valence-electron chi connectivity index (χ2n) is 8.70. The summed E-state index contributed by atoms with van der Waals surface area (Å²) in [5, 5.41) is 8.94. The SMILES string of the molecule is O=C1CCC(N2C(=O)c3cccc(N[C@H]4C[C@H](OC5CCNCC5)C4)c3C2=O)C(=O)N1. The van der Waals surface area contributed by atoms with Gasteiger partial charge in [-0.1, -0.05) is 6.07 Å². The van der Waals surface area contributed by atoms with E-state index in [4.69, 9.17) is 4.74 Å². The van der Waals surface area contributed by atoms with Gasteiger partial charge in [0, 0.05) is 18.2 Å². The van der Waals surface area contributed by atoms with Crippen molar-refractivity contribution in [3.8, 4) is 0 Å². The Balaban J connectivity index is 1.26. The lowest BCUT2D eigenvalue weighted by Gasteiger charge is -2.39. The molecule has 9 nitrogen and oxygen atoms in total. The van der Waals surface area contributed by atoms with Gasteiger partial charge in [-0.25, -0.2) is 0 Å². The maximum Gasteiger partial charge on any atom is 0.264 e. The summed E-state index contributed by atoms with van der Waals surface area (Å²) in [5.41, 5.74) is 1.21. The van der Waals surface area contributed by atoms with Crippen LogP contribution in [0, 0.1) is 0 Å². The Bertz CT molecular complexity index is 936. The number of ether oxygens (including phenoxy) is 1. The van der Waals surface area contributed by atoms with Crippen LogP contribution in [0.25, 0.3) is 0 Å². The van der Waals surface area contributed by atoms with Crippen LogP contribution in [0.15, 0.2) is 18.2 Å². The fourth-order valence-corrected chi connectivity index (χ4v) is 4.85. The lowest BCUT2D eigenvalue weighted by atomic mass is 9.88. The van der Waals surface area contributed by atoms with Gasteiger partial charge in [0.2, 0.25) is 11.8 Å².